The standard InChI is InChI=1S/C28H43FN4O5.C2HF3O2/c1-5-6-12-22(26(36)33-15-13-20(14-16-33)27(37)38-4)31-25(35)23(18-28(2,3)29)32-24(34)21(30)17-19-10-8-7-9-11-19;3-2(4,5)1(6)7/h7-11,20-23H,5-6,12-18,30H2,1-4H3,(H,31,35)(H,32,34);(H,6,7)/t21-,22?,23-;/m1./s1. The van der Waals surface area contributed by atoms with Crippen LogP contribution in [0.4, 0.5) is 17.6 Å². The van der Waals surface area contributed by atoms with Crippen molar-refractivity contribution in [2.45, 2.75) is 95.7 Å². The summed E-state index contributed by atoms with van der Waals surface area (Å²) in [6.45, 7) is 5.39. The van der Waals surface area contributed by atoms with E-state index in [1.807, 2.05) is 37.3 Å². The van der Waals surface area contributed by atoms with Crippen molar-refractivity contribution >= 4 is 29.7 Å². The predicted molar refractivity (Wildman–Crippen MR) is 156 cm³/mol. The lowest BCUT2D eigenvalue weighted by molar-refractivity contribution is -0.192. The Morgan fingerprint density at radius 2 is 1.53 bits per heavy atom. The summed E-state index contributed by atoms with van der Waals surface area (Å²) in [7, 11) is 1.35. The minimum Gasteiger partial charge on any atom is -0.475 e. The molecule has 0 aromatic heterocycles. The highest BCUT2D eigenvalue weighted by Crippen LogP contribution is 2.21. The van der Waals surface area contributed by atoms with E-state index < -0.39 is 47.8 Å². The monoisotopic (exact) mass is 648 g/mol. The van der Waals surface area contributed by atoms with Crippen molar-refractivity contribution in [2.24, 2.45) is 11.7 Å². The fraction of sp³-hybridized carbons (Fsp3) is 0.633. The van der Waals surface area contributed by atoms with Crippen LogP contribution in [-0.2, 0) is 35.1 Å². The van der Waals surface area contributed by atoms with Gasteiger partial charge in [0.2, 0.25) is 17.7 Å². The number of carbonyl (C=O) groups excluding carboxylic acids is 4. The molecule has 1 heterocycles. The number of unbranched alkanes of at least 4 members (excludes halogenated alkanes) is 1. The third-order valence-corrected chi connectivity index (χ3v) is 7.00. The number of piperidine rings is 1. The molecule has 254 valence electrons. The Balaban J connectivity index is 0.00000129. The molecule has 3 amide bonds. The second-order valence-corrected chi connectivity index (χ2v) is 11.4. The van der Waals surface area contributed by atoms with Crippen LogP contribution in [0.5, 0.6) is 0 Å². The molecule has 0 radical (unpaired) electrons. The van der Waals surface area contributed by atoms with Gasteiger partial charge in [-0.3, -0.25) is 19.2 Å². The Morgan fingerprint density at radius 1 is 1.00 bits per heavy atom. The van der Waals surface area contributed by atoms with Gasteiger partial charge in [-0.25, -0.2) is 9.18 Å². The normalized spacial score (nSPS) is 15.9. The van der Waals surface area contributed by atoms with Gasteiger partial charge >= 0.3 is 18.1 Å². The number of halogens is 4. The first-order valence-corrected chi connectivity index (χ1v) is 14.7. The lowest BCUT2D eigenvalue weighted by Gasteiger charge is -2.34. The van der Waals surface area contributed by atoms with Crippen LogP contribution in [-0.4, -0.2) is 89.8 Å². The van der Waals surface area contributed by atoms with Gasteiger partial charge in [0.25, 0.3) is 0 Å². The average molecular weight is 649 g/mol. The first-order chi connectivity index (χ1) is 20.9. The highest BCUT2D eigenvalue weighted by Gasteiger charge is 2.38. The van der Waals surface area contributed by atoms with Gasteiger partial charge in [-0.15, -0.1) is 0 Å². The number of hydrogen-bond donors (Lipinski definition) is 4. The van der Waals surface area contributed by atoms with Crippen molar-refractivity contribution in [1.82, 2.24) is 15.5 Å². The number of nitrogens with zero attached hydrogens (tertiary/aromatic N) is 1. The van der Waals surface area contributed by atoms with E-state index in [9.17, 15) is 36.7 Å². The van der Waals surface area contributed by atoms with Crippen LogP contribution < -0.4 is 16.4 Å². The molecule has 1 aromatic rings. The maximum atomic E-state index is 14.6. The Morgan fingerprint density at radius 3 is 2.00 bits per heavy atom. The van der Waals surface area contributed by atoms with Crippen LogP contribution in [0.3, 0.4) is 0 Å². The molecule has 0 aliphatic carbocycles. The summed E-state index contributed by atoms with van der Waals surface area (Å²) >= 11 is 0. The van der Waals surface area contributed by atoms with E-state index in [0.717, 1.165) is 12.0 Å². The summed E-state index contributed by atoms with van der Waals surface area (Å²) in [6, 6.07) is 6.28. The minimum atomic E-state index is -5.08. The second-order valence-electron chi connectivity index (χ2n) is 11.4. The van der Waals surface area contributed by atoms with E-state index in [0.29, 0.717) is 38.8 Å². The van der Waals surface area contributed by atoms with E-state index in [-0.39, 0.29) is 30.6 Å². The molecule has 0 spiro atoms. The van der Waals surface area contributed by atoms with Gasteiger partial charge in [-0.1, -0.05) is 50.1 Å². The highest BCUT2D eigenvalue weighted by atomic mass is 19.4. The van der Waals surface area contributed by atoms with Gasteiger partial charge in [0.1, 0.15) is 17.8 Å². The van der Waals surface area contributed by atoms with Crippen molar-refractivity contribution in [2.75, 3.05) is 20.2 Å². The zero-order valence-corrected chi connectivity index (χ0v) is 26.0. The van der Waals surface area contributed by atoms with Crippen molar-refractivity contribution in [3.63, 3.8) is 0 Å². The zero-order valence-electron chi connectivity index (χ0n) is 26.0. The van der Waals surface area contributed by atoms with Crippen LogP contribution in [0.25, 0.3) is 0 Å². The Hall–Kier alpha value is -3.75. The smallest absolute Gasteiger partial charge is 0.475 e. The molecule has 1 fully saturated rings. The van der Waals surface area contributed by atoms with Crippen molar-refractivity contribution < 1.29 is 51.4 Å². The first-order valence-electron chi connectivity index (χ1n) is 14.7. The number of alkyl halides is 4. The molecule has 1 unspecified atom stereocenters. The molecule has 0 bridgehead atoms. The van der Waals surface area contributed by atoms with Gasteiger partial charge in [-0.2, -0.15) is 13.2 Å². The minimum absolute atomic E-state index is 0.250. The number of likely N-dealkylation sites (tertiary alicyclic amines) is 1. The molecule has 0 saturated carbocycles. The number of amides is 3. The van der Waals surface area contributed by atoms with Gasteiger partial charge in [-0.05, 0) is 45.1 Å². The summed E-state index contributed by atoms with van der Waals surface area (Å²) in [4.78, 5) is 61.9. The van der Waals surface area contributed by atoms with Gasteiger partial charge in [0.15, 0.2) is 0 Å². The fourth-order valence-electron chi connectivity index (χ4n) is 4.59. The van der Waals surface area contributed by atoms with E-state index >= 15 is 0 Å². The van der Waals surface area contributed by atoms with Crippen molar-refractivity contribution in [3.8, 4) is 0 Å². The summed E-state index contributed by atoms with van der Waals surface area (Å²) in [5.41, 5.74) is 5.20. The quantitative estimate of drug-likeness (QED) is 0.187. The highest BCUT2D eigenvalue weighted by molar-refractivity contribution is 5.93. The molecular weight excluding hydrogens is 604 g/mol. The van der Waals surface area contributed by atoms with Crippen molar-refractivity contribution in [3.05, 3.63) is 35.9 Å². The lowest BCUT2D eigenvalue weighted by Crippen LogP contribution is -2.58. The van der Waals surface area contributed by atoms with Crippen LogP contribution >= 0.6 is 0 Å². The number of carboxylic acids is 1. The van der Waals surface area contributed by atoms with Crippen LogP contribution in [0.1, 0.15) is 64.9 Å². The topological polar surface area (TPSA) is 168 Å². The van der Waals surface area contributed by atoms with Crippen LogP contribution in [0.2, 0.25) is 0 Å². The number of methoxy groups -OCH3 is 1. The van der Waals surface area contributed by atoms with E-state index in [4.69, 9.17) is 20.4 Å². The summed E-state index contributed by atoms with van der Waals surface area (Å²) in [5, 5.41) is 12.5. The molecule has 1 aromatic carbocycles. The number of esters is 1. The van der Waals surface area contributed by atoms with E-state index in [2.05, 4.69) is 10.6 Å². The summed E-state index contributed by atoms with van der Waals surface area (Å²) in [5.74, 6) is -4.74. The average Bonchev–Trinajstić information content (AvgIpc) is 2.97. The number of carbonyl (C=O) groups is 5. The number of carboxylic acid groups (broad SMARTS) is 1. The Bertz CT molecular complexity index is 1120. The Labute approximate surface area is 260 Å². The lowest BCUT2D eigenvalue weighted by atomic mass is 9.95. The van der Waals surface area contributed by atoms with E-state index in [1.54, 1.807) is 4.90 Å². The number of benzene rings is 1. The van der Waals surface area contributed by atoms with Crippen molar-refractivity contribution in [1.29, 1.82) is 0 Å². The van der Waals surface area contributed by atoms with Gasteiger partial charge in [0, 0.05) is 19.5 Å². The summed E-state index contributed by atoms with van der Waals surface area (Å²) < 4.78 is 51.2. The van der Waals surface area contributed by atoms with Crippen LogP contribution in [0, 0.1) is 5.92 Å². The number of rotatable bonds is 13. The first kappa shape index (κ1) is 39.3. The SMILES string of the molecule is CCCCC(NC(=O)[C@@H](CC(C)(C)F)NC(=O)[C@H](N)Cc1ccccc1)C(=O)N1CCC(C(=O)OC)CC1.O=C(O)C(F)(F)F. The predicted octanol–water partition coefficient (Wildman–Crippen LogP) is 2.90. The second kappa shape index (κ2) is 18.3. The number of nitrogens with one attached hydrogen (secondary N) is 2. The number of hydrogen-bond acceptors (Lipinski definition) is 7. The Kier molecular flexibility index (Phi) is 15.9. The molecule has 3 atom stereocenters. The molecule has 45 heavy (non-hydrogen) atoms. The molecule has 1 aliphatic rings. The maximum Gasteiger partial charge on any atom is 0.490 e. The third kappa shape index (κ3) is 14.7. The zero-order chi connectivity index (χ0) is 34.4. The largest absolute Gasteiger partial charge is 0.490 e. The maximum absolute atomic E-state index is 14.6. The molecule has 2 rings (SSSR count). The summed E-state index contributed by atoms with van der Waals surface area (Å²) in [6.07, 6.45) is -2.20. The molecular formula is C30H44F4N4O7. The van der Waals surface area contributed by atoms with Crippen LogP contribution in [0.15, 0.2) is 30.3 Å². The number of nitrogens with two attached hydrogens (primary N) is 1. The molecule has 1 saturated heterocycles. The number of ether oxygens (including phenoxy) is 1. The molecule has 5 N–H and O–H groups in total. The fourth-order valence-corrected chi connectivity index (χ4v) is 4.59. The molecule has 1 aliphatic heterocycles. The number of aliphatic carboxylic acids is 1. The molecule has 11 nitrogen and oxygen atoms in total. The molecule has 15 heteroatoms. The van der Waals surface area contributed by atoms with Gasteiger partial charge < -0.3 is 31.1 Å². The van der Waals surface area contributed by atoms with Gasteiger partial charge in [0.05, 0.1) is 19.1 Å². The third-order valence-electron chi connectivity index (χ3n) is 7.00. The van der Waals surface area contributed by atoms with E-state index in [1.165, 1.54) is 21.0 Å².